The maximum Gasteiger partial charge on any atom is 0.303 e. The molecule has 0 radical (unpaired) electrons. The Bertz CT molecular complexity index is 676. The Hall–Kier alpha value is -2.04. The molecule has 5 heteroatoms. The van der Waals surface area contributed by atoms with Gasteiger partial charge in [0.25, 0.3) is 0 Å². The highest BCUT2D eigenvalue weighted by Crippen LogP contribution is 2.61. The zero-order valence-electron chi connectivity index (χ0n) is 16.3. The maximum atomic E-state index is 12.6. The lowest BCUT2D eigenvalue weighted by molar-refractivity contribution is -0.137. The molecule has 0 aromatic carbocycles. The minimum Gasteiger partial charge on any atom is -0.481 e. The number of carboxylic acid groups (broad SMARTS) is 1. The number of furan rings is 1. The van der Waals surface area contributed by atoms with Crippen LogP contribution in [0.4, 0.5) is 0 Å². The zero-order valence-corrected chi connectivity index (χ0v) is 16.3. The van der Waals surface area contributed by atoms with Gasteiger partial charge in [-0.3, -0.25) is 9.59 Å². The molecule has 27 heavy (non-hydrogen) atoms. The third-order valence-corrected chi connectivity index (χ3v) is 6.71. The Morgan fingerprint density at radius 2 is 2.15 bits per heavy atom. The van der Waals surface area contributed by atoms with Gasteiger partial charge in [-0.1, -0.05) is 26.0 Å². The van der Waals surface area contributed by atoms with Crippen molar-refractivity contribution in [1.29, 1.82) is 0 Å². The van der Waals surface area contributed by atoms with Gasteiger partial charge < -0.3 is 14.8 Å². The molecule has 0 aliphatic heterocycles. The summed E-state index contributed by atoms with van der Waals surface area (Å²) >= 11 is 0. The number of aliphatic carboxylic acids is 1. The van der Waals surface area contributed by atoms with Gasteiger partial charge in [-0.15, -0.1) is 0 Å². The molecule has 1 amide bonds. The molecular weight excluding hydrogens is 342 g/mol. The summed E-state index contributed by atoms with van der Waals surface area (Å²) in [5, 5.41) is 12.0. The van der Waals surface area contributed by atoms with E-state index in [1.54, 1.807) is 12.5 Å². The van der Waals surface area contributed by atoms with E-state index in [9.17, 15) is 9.59 Å². The van der Waals surface area contributed by atoms with E-state index >= 15 is 0 Å². The molecule has 1 heterocycles. The maximum absolute atomic E-state index is 12.6. The molecule has 5 nitrogen and oxygen atoms in total. The molecule has 4 rings (SSSR count). The van der Waals surface area contributed by atoms with Crippen LogP contribution in [0.1, 0.15) is 57.9 Å². The van der Waals surface area contributed by atoms with Crippen LogP contribution in [-0.2, 0) is 16.0 Å². The smallest absolute Gasteiger partial charge is 0.303 e. The Labute approximate surface area is 161 Å². The first-order valence-electron chi connectivity index (χ1n) is 10.0. The van der Waals surface area contributed by atoms with Crippen molar-refractivity contribution in [1.82, 2.24) is 5.32 Å². The van der Waals surface area contributed by atoms with Crippen LogP contribution in [0.5, 0.6) is 0 Å². The minimum atomic E-state index is -0.738. The van der Waals surface area contributed by atoms with E-state index in [0.717, 1.165) is 30.7 Å². The lowest BCUT2D eigenvalue weighted by Gasteiger charge is -2.62. The second kappa shape index (κ2) is 8.32. The molecule has 1 aromatic heterocycles. The SMILES string of the molecule is CC1(C)[C@H]2C[C@H](C/C=C/CCCC(=O)O)[C@@H](NC(=O)Cc3ccoc3)[C@@H]1C2. The molecular formula is C22H31NO4. The number of rotatable bonds is 9. The fourth-order valence-corrected chi connectivity index (χ4v) is 4.94. The average Bonchev–Trinajstić information content (AvgIpc) is 3.11. The monoisotopic (exact) mass is 373 g/mol. The molecule has 3 fully saturated rings. The van der Waals surface area contributed by atoms with Crippen molar-refractivity contribution in [2.24, 2.45) is 23.2 Å². The summed E-state index contributed by atoms with van der Waals surface area (Å²) < 4.78 is 5.06. The number of fused-ring (bicyclic) bond motifs is 2. The van der Waals surface area contributed by atoms with Crippen LogP contribution in [0.2, 0.25) is 0 Å². The fourth-order valence-electron chi connectivity index (χ4n) is 4.94. The highest BCUT2D eigenvalue weighted by atomic mass is 16.4. The molecule has 3 saturated carbocycles. The van der Waals surface area contributed by atoms with Gasteiger partial charge in [-0.25, -0.2) is 0 Å². The van der Waals surface area contributed by atoms with E-state index in [0.29, 0.717) is 30.1 Å². The van der Waals surface area contributed by atoms with E-state index < -0.39 is 5.97 Å². The Kier molecular flexibility index (Phi) is 6.08. The lowest BCUT2D eigenvalue weighted by atomic mass is 9.44. The summed E-state index contributed by atoms with van der Waals surface area (Å²) in [6, 6.07) is 2.05. The summed E-state index contributed by atoms with van der Waals surface area (Å²) in [5.74, 6) is 1.08. The zero-order chi connectivity index (χ0) is 19.4. The molecule has 4 atom stereocenters. The second-order valence-electron chi connectivity index (χ2n) is 8.75. The van der Waals surface area contributed by atoms with Gasteiger partial charge in [0, 0.05) is 12.5 Å². The van der Waals surface area contributed by atoms with Crippen LogP contribution >= 0.6 is 0 Å². The first-order chi connectivity index (χ1) is 12.9. The number of carbonyl (C=O) groups is 2. The molecule has 3 aliphatic carbocycles. The average molecular weight is 373 g/mol. The standard InChI is InChI=1S/C22H31NO4/c1-22(2)17-12-16(7-5-3-4-6-8-20(25)26)21(18(22)13-17)23-19(24)11-15-9-10-27-14-15/h3,5,9-10,14,16-18,21H,4,6-8,11-13H2,1-2H3,(H,23,24)(H,25,26)/b5-3+/t16-,17-,18-,21+/m0/s1. The molecule has 2 N–H and O–H groups in total. The molecule has 0 unspecified atom stereocenters. The highest BCUT2D eigenvalue weighted by Gasteiger charge is 2.57. The number of hydrogen-bond donors (Lipinski definition) is 2. The van der Waals surface area contributed by atoms with Crippen molar-refractivity contribution >= 4 is 11.9 Å². The molecule has 0 spiro atoms. The second-order valence-corrected chi connectivity index (χ2v) is 8.75. The van der Waals surface area contributed by atoms with E-state index in [1.807, 2.05) is 6.07 Å². The molecule has 148 valence electrons. The van der Waals surface area contributed by atoms with Crippen LogP contribution in [-0.4, -0.2) is 23.0 Å². The van der Waals surface area contributed by atoms with Crippen molar-refractivity contribution in [2.45, 2.75) is 64.8 Å². The van der Waals surface area contributed by atoms with Crippen LogP contribution in [0, 0.1) is 23.2 Å². The fraction of sp³-hybridized carbons (Fsp3) is 0.636. The summed E-state index contributed by atoms with van der Waals surface area (Å²) in [7, 11) is 0. The Balaban J connectivity index is 1.56. The van der Waals surface area contributed by atoms with Crippen molar-refractivity contribution in [3.8, 4) is 0 Å². The number of nitrogens with one attached hydrogen (secondary N) is 1. The lowest BCUT2D eigenvalue weighted by Crippen LogP contribution is -2.63. The summed E-state index contributed by atoms with van der Waals surface area (Å²) in [4.78, 5) is 23.1. The number of hydrogen-bond acceptors (Lipinski definition) is 3. The third-order valence-electron chi connectivity index (χ3n) is 6.71. The third kappa shape index (κ3) is 4.63. The van der Waals surface area contributed by atoms with Crippen LogP contribution in [0.3, 0.4) is 0 Å². The minimum absolute atomic E-state index is 0.0676. The van der Waals surface area contributed by atoms with Crippen LogP contribution < -0.4 is 5.32 Å². The molecule has 2 bridgehead atoms. The topological polar surface area (TPSA) is 79.5 Å². The summed E-state index contributed by atoms with van der Waals surface area (Å²) in [5.41, 5.74) is 1.21. The first kappa shape index (κ1) is 19.7. The van der Waals surface area contributed by atoms with Gasteiger partial charge in [0.1, 0.15) is 0 Å². The number of unbranched alkanes of at least 4 members (excludes halogenated alkanes) is 1. The number of amides is 1. The molecule has 3 aliphatic rings. The predicted octanol–water partition coefficient (Wildman–Crippen LogP) is 4.19. The van der Waals surface area contributed by atoms with Crippen molar-refractivity contribution in [2.75, 3.05) is 0 Å². The molecule has 0 saturated heterocycles. The largest absolute Gasteiger partial charge is 0.481 e. The van der Waals surface area contributed by atoms with E-state index in [-0.39, 0.29) is 18.4 Å². The number of allylic oxidation sites excluding steroid dienone is 2. The van der Waals surface area contributed by atoms with Gasteiger partial charge in [0.05, 0.1) is 18.9 Å². The summed E-state index contributed by atoms with van der Waals surface area (Å²) in [6.07, 6.45) is 12.9. The quantitative estimate of drug-likeness (QED) is 0.502. The van der Waals surface area contributed by atoms with Crippen LogP contribution in [0.25, 0.3) is 0 Å². The van der Waals surface area contributed by atoms with Crippen LogP contribution in [0.15, 0.2) is 35.2 Å². The van der Waals surface area contributed by atoms with Crippen molar-refractivity contribution in [3.63, 3.8) is 0 Å². The highest BCUT2D eigenvalue weighted by molar-refractivity contribution is 5.78. The number of carboxylic acids is 1. The van der Waals surface area contributed by atoms with E-state index in [1.165, 1.54) is 6.42 Å². The van der Waals surface area contributed by atoms with E-state index in [4.69, 9.17) is 9.52 Å². The normalized spacial score (nSPS) is 28.7. The van der Waals surface area contributed by atoms with Crippen molar-refractivity contribution < 1.29 is 19.1 Å². The Morgan fingerprint density at radius 3 is 2.81 bits per heavy atom. The summed E-state index contributed by atoms with van der Waals surface area (Å²) in [6.45, 7) is 4.66. The van der Waals surface area contributed by atoms with Gasteiger partial charge in [-0.2, -0.15) is 0 Å². The Morgan fingerprint density at radius 1 is 1.33 bits per heavy atom. The number of carbonyl (C=O) groups excluding carboxylic acids is 1. The molecule has 1 aromatic rings. The van der Waals surface area contributed by atoms with Gasteiger partial charge in [0.15, 0.2) is 0 Å². The van der Waals surface area contributed by atoms with Gasteiger partial charge >= 0.3 is 5.97 Å². The predicted molar refractivity (Wildman–Crippen MR) is 103 cm³/mol. The first-order valence-corrected chi connectivity index (χ1v) is 10.0. The van der Waals surface area contributed by atoms with Gasteiger partial charge in [-0.05, 0) is 66.9 Å². The van der Waals surface area contributed by atoms with Crippen molar-refractivity contribution in [3.05, 3.63) is 36.3 Å². The van der Waals surface area contributed by atoms with Gasteiger partial charge in [0.2, 0.25) is 5.91 Å². The van der Waals surface area contributed by atoms with E-state index in [2.05, 4.69) is 31.3 Å².